The van der Waals surface area contributed by atoms with Crippen molar-refractivity contribution in [3.8, 4) is 0 Å². The van der Waals surface area contributed by atoms with Gasteiger partial charge in [-0.25, -0.2) is 0 Å². The summed E-state index contributed by atoms with van der Waals surface area (Å²) in [6.45, 7) is 12.1. The molecule has 1 heterocycles. The zero-order chi connectivity index (χ0) is 11.3. The molecule has 0 amide bonds. The van der Waals surface area contributed by atoms with Crippen LogP contribution in [0, 0.1) is 0 Å². The third kappa shape index (κ3) is 4.47. The summed E-state index contributed by atoms with van der Waals surface area (Å²) in [5, 5.41) is 3.30. The molecule has 1 rings (SSSR count). The summed E-state index contributed by atoms with van der Waals surface area (Å²) >= 11 is 0. The standard InChI is InChI=1S/C11H25N3O/c1-11(2,3)14-6-7-15-10(9-14)8-13-5-4-12/h10,13H,4-9,12H2,1-3H3. The number of ether oxygens (including phenoxy) is 1. The van der Waals surface area contributed by atoms with E-state index in [9.17, 15) is 0 Å². The van der Waals surface area contributed by atoms with Crippen molar-refractivity contribution in [1.29, 1.82) is 0 Å². The smallest absolute Gasteiger partial charge is 0.0826 e. The molecule has 1 unspecified atom stereocenters. The van der Waals surface area contributed by atoms with Crippen LogP contribution in [-0.4, -0.2) is 55.9 Å². The highest BCUT2D eigenvalue weighted by atomic mass is 16.5. The van der Waals surface area contributed by atoms with Crippen LogP contribution in [0.25, 0.3) is 0 Å². The minimum absolute atomic E-state index is 0.246. The van der Waals surface area contributed by atoms with Crippen LogP contribution in [-0.2, 0) is 4.74 Å². The lowest BCUT2D eigenvalue weighted by molar-refractivity contribution is -0.0563. The summed E-state index contributed by atoms with van der Waals surface area (Å²) in [5.74, 6) is 0. The molecular weight excluding hydrogens is 190 g/mol. The fraction of sp³-hybridized carbons (Fsp3) is 1.00. The number of nitrogens with one attached hydrogen (secondary N) is 1. The minimum Gasteiger partial charge on any atom is -0.374 e. The van der Waals surface area contributed by atoms with Crippen LogP contribution in [0.2, 0.25) is 0 Å². The summed E-state index contributed by atoms with van der Waals surface area (Å²) in [4.78, 5) is 2.48. The molecule has 4 nitrogen and oxygen atoms in total. The first-order valence-corrected chi connectivity index (χ1v) is 5.81. The number of hydrogen-bond donors (Lipinski definition) is 2. The highest BCUT2D eigenvalue weighted by Gasteiger charge is 2.27. The molecule has 15 heavy (non-hydrogen) atoms. The van der Waals surface area contributed by atoms with E-state index in [2.05, 4.69) is 31.0 Å². The van der Waals surface area contributed by atoms with Crippen LogP contribution in [0.5, 0.6) is 0 Å². The predicted molar refractivity (Wildman–Crippen MR) is 63.0 cm³/mol. The van der Waals surface area contributed by atoms with Crippen molar-refractivity contribution in [1.82, 2.24) is 10.2 Å². The predicted octanol–water partition coefficient (Wildman–Crippen LogP) is 0.0340. The lowest BCUT2D eigenvalue weighted by atomic mass is 10.0. The van der Waals surface area contributed by atoms with Crippen LogP contribution in [0.4, 0.5) is 0 Å². The third-order valence-corrected chi connectivity index (χ3v) is 2.78. The van der Waals surface area contributed by atoms with Gasteiger partial charge in [0, 0.05) is 38.3 Å². The Labute approximate surface area is 93.1 Å². The zero-order valence-electron chi connectivity index (χ0n) is 10.3. The Kier molecular flexibility index (Phi) is 4.99. The average Bonchev–Trinajstić information content (AvgIpc) is 2.17. The SMILES string of the molecule is CC(C)(C)N1CCOC(CNCCN)C1. The van der Waals surface area contributed by atoms with E-state index < -0.39 is 0 Å². The molecule has 3 N–H and O–H groups in total. The Morgan fingerprint density at radius 2 is 2.20 bits per heavy atom. The van der Waals surface area contributed by atoms with Gasteiger partial charge in [0.2, 0.25) is 0 Å². The molecule has 0 aromatic carbocycles. The van der Waals surface area contributed by atoms with Crippen LogP contribution in [0.3, 0.4) is 0 Å². The summed E-state index contributed by atoms with van der Waals surface area (Å²) < 4.78 is 5.70. The Bertz CT molecular complexity index is 179. The molecular formula is C11H25N3O. The van der Waals surface area contributed by atoms with Gasteiger partial charge in [-0.3, -0.25) is 4.90 Å². The topological polar surface area (TPSA) is 50.5 Å². The molecule has 1 atom stereocenters. The number of morpholine rings is 1. The number of nitrogens with two attached hydrogens (primary N) is 1. The number of nitrogens with zero attached hydrogens (tertiary/aromatic N) is 1. The Hall–Kier alpha value is -0.160. The van der Waals surface area contributed by atoms with Gasteiger partial charge in [0.05, 0.1) is 12.7 Å². The molecule has 90 valence electrons. The van der Waals surface area contributed by atoms with Gasteiger partial charge < -0.3 is 15.8 Å². The van der Waals surface area contributed by atoms with Gasteiger partial charge in [-0.1, -0.05) is 0 Å². The monoisotopic (exact) mass is 215 g/mol. The van der Waals surface area contributed by atoms with Crippen molar-refractivity contribution in [2.24, 2.45) is 5.73 Å². The van der Waals surface area contributed by atoms with Gasteiger partial charge in [0.15, 0.2) is 0 Å². The molecule has 0 spiro atoms. The third-order valence-electron chi connectivity index (χ3n) is 2.78. The lowest BCUT2D eigenvalue weighted by Gasteiger charge is -2.41. The van der Waals surface area contributed by atoms with Crippen molar-refractivity contribution in [2.75, 3.05) is 39.3 Å². The highest BCUT2D eigenvalue weighted by molar-refractivity contribution is 4.82. The van der Waals surface area contributed by atoms with E-state index in [0.29, 0.717) is 12.6 Å². The van der Waals surface area contributed by atoms with Crippen LogP contribution in [0.15, 0.2) is 0 Å². The minimum atomic E-state index is 0.246. The van der Waals surface area contributed by atoms with Gasteiger partial charge in [0.25, 0.3) is 0 Å². The number of hydrogen-bond acceptors (Lipinski definition) is 4. The number of rotatable bonds is 4. The van der Waals surface area contributed by atoms with E-state index in [1.165, 1.54) is 0 Å². The summed E-state index contributed by atoms with van der Waals surface area (Å²) in [6.07, 6.45) is 0.310. The Morgan fingerprint density at radius 1 is 1.47 bits per heavy atom. The fourth-order valence-electron chi connectivity index (χ4n) is 1.82. The molecule has 1 aliphatic rings. The molecule has 1 saturated heterocycles. The zero-order valence-corrected chi connectivity index (χ0v) is 10.3. The maximum absolute atomic E-state index is 5.70. The van der Waals surface area contributed by atoms with E-state index in [0.717, 1.165) is 32.8 Å². The first-order valence-electron chi connectivity index (χ1n) is 5.81. The van der Waals surface area contributed by atoms with Gasteiger partial charge in [-0.05, 0) is 20.8 Å². The second-order valence-electron chi connectivity index (χ2n) is 5.10. The van der Waals surface area contributed by atoms with Crippen LogP contribution < -0.4 is 11.1 Å². The molecule has 0 aliphatic carbocycles. The molecule has 0 radical (unpaired) electrons. The van der Waals surface area contributed by atoms with E-state index >= 15 is 0 Å². The van der Waals surface area contributed by atoms with Crippen molar-refractivity contribution in [2.45, 2.75) is 32.4 Å². The van der Waals surface area contributed by atoms with Gasteiger partial charge in [0.1, 0.15) is 0 Å². The van der Waals surface area contributed by atoms with E-state index in [4.69, 9.17) is 10.5 Å². The van der Waals surface area contributed by atoms with Crippen molar-refractivity contribution in [3.05, 3.63) is 0 Å². The van der Waals surface area contributed by atoms with Crippen LogP contribution in [0.1, 0.15) is 20.8 Å². The second kappa shape index (κ2) is 5.80. The summed E-state index contributed by atoms with van der Waals surface area (Å²) in [7, 11) is 0. The maximum atomic E-state index is 5.70. The molecule has 0 aromatic heterocycles. The van der Waals surface area contributed by atoms with Gasteiger partial charge in [-0.2, -0.15) is 0 Å². The van der Waals surface area contributed by atoms with E-state index in [1.54, 1.807) is 0 Å². The maximum Gasteiger partial charge on any atom is 0.0826 e. The largest absolute Gasteiger partial charge is 0.374 e. The fourth-order valence-corrected chi connectivity index (χ4v) is 1.82. The Balaban J connectivity index is 2.29. The quantitative estimate of drug-likeness (QED) is 0.650. The first kappa shape index (κ1) is 12.9. The highest BCUT2D eigenvalue weighted by Crippen LogP contribution is 2.16. The average molecular weight is 215 g/mol. The summed E-state index contributed by atoms with van der Waals surface area (Å²) in [5.41, 5.74) is 5.67. The van der Waals surface area contributed by atoms with E-state index in [-0.39, 0.29) is 5.54 Å². The van der Waals surface area contributed by atoms with Crippen molar-refractivity contribution < 1.29 is 4.74 Å². The van der Waals surface area contributed by atoms with Gasteiger partial charge in [-0.15, -0.1) is 0 Å². The lowest BCUT2D eigenvalue weighted by Crippen LogP contribution is -2.53. The van der Waals surface area contributed by atoms with Crippen LogP contribution >= 0.6 is 0 Å². The molecule has 4 heteroatoms. The molecule has 0 saturated carbocycles. The van der Waals surface area contributed by atoms with Crippen molar-refractivity contribution >= 4 is 0 Å². The normalized spacial score (nSPS) is 24.4. The molecule has 0 aromatic rings. The molecule has 0 bridgehead atoms. The Morgan fingerprint density at radius 3 is 2.80 bits per heavy atom. The molecule has 1 aliphatic heterocycles. The van der Waals surface area contributed by atoms with Crippen molar-refractivity contribution in [3.63, 3.8) is 0 Å². The molecule has 1 fully saturated rings. The van der Waals surface area contributed by atoms with Gasteiger partial charge >= 0.3 is 0 Å². The second-order valence-corrected chi connectivity index (χ2v) is 5.10. The first-order chi connectivity index (χ1) is 7.04. The summed E-state index contributed by atoms with van der Waals surface area (Å²) in [6, 6.07) is 0. The van der Waals surface area contributed by atoms with E-state index in [1.807, 2.05) is 0 Å².